The highest BCUT2D eigenvalue weighted by atomic mass is 35.5. The van der Waals surface area contributed by atoms with E-state index in [1.807, 2.05) is 17.7 Å². The second kappa shape index (κ2) is 6.43. The molecule has 1 heterocycles. The number of methoxy groups -OCH3 is 1. The number of hydrogen-bond donors (Lipinski definition) is 2. The van der Waals surface area contributed by atoms with E-state index in [1.54, 1.807) is 12.1 Å². The first kappa shape index (κ1) is 15.8. The van der Waals surface area contributed by atoms with Crippen LogP contribution in [0.2, 0.25) is 5.02 Å². The molecule has 0 fully saturated rings. The van der Waals surface area contributed by atoms with Crippen molar-refractivity contribution in [1.82, 2.24) is 14.9 Å². The van der Waals surface area contributed by atoms with E-state index in [1.165, 1.54) is 14.0 Å². The Bertz CT molecular complexity index is 654. The van der Waals surface area contributed by atoms with Gasteiger partial charge in [-0.15, -0.1) is 0 Å². The van der Waals surface area contributed by atoms with Crippen molar-refractivity contribution < 1.29 is 14.6 Å². The minimum Gasteiger partial charge on any atom is -0.468 e. The monoisotopic (exact) mass is 311 g/mol. The maximum absolute atomic E-state index is 11.6. The number of ether oxygens (including phenoxy) is 1. The van der Waals surface area contributed by atoms with Crippen LogP contribution in [-0.2, 0) is 23.1 Å². The molecule has 2 atom stereocenters. The van der Waals surface area contributed by atoms with Crippen LogP contribution in [0.15, 0.2) is 18.2 Å². The Balaban J connectivity index is 2.19. The third-order valence-electron chi connectivity index (χ3n) is 3.35. The summed E-state index contributed by atoms with van der Waals surface area (Å²) < 4.78 is 6.57. The van der Waals surface area contributed by atoms with E-state index in [2.05, 4.69) is 15.0 Å². The summed E-state index contributed by atoms with van der Waals surface area (Å²) in [6, 6.07) is 4.68. The van der Waals surface area contributed by atoms with Crippen molar-refractivity contribution >= 4 is 28.6 Å². The highest BCUT2D eigenvalue weighted by Gasteiger charge is 2.24. The van der Waals surface area contributed by atoms with Gasteiger partial charge in [-0.1, -0.05) is 11.6 Å². The van der Waals surface area contributed by atoms with Crippen LogP contribution in [0.5, 0.6) is 0 Å². The van der Waals surface area contributed by atoms with Crippen molar-refractivity contribution in [2.24, 2.45) is 7.05 Å². The van der Waals surface area contributed by atoms with Gasteiger partial charge in [0, 0.05) is 12.1 Å². The quantitative estimate of drug-likeness (QED) is 0.813. The van der Waals surface area contributed by atoms with Crippen molar-refractivity contribution in [2.45, 2.75) is 25.6 Å². The maximum Gasteiger partial charge on any atom is 0.325 e. The average Bonchev–Trinajstić information content (AvgIpc) is 2.74. The normalized spacial score (nSPS) is 14.1. The number of aliphatic hydroxyl groups excluding tert-OH is 1. The van der Waals surface area contributed by atoms with Gasteiger partial charge in [0.15, 0.2) is 0 Å². The van der Waals surface area contributed by atoms with Gasteiger partial charge in [0.2, 0.25) is 0 Å². The summed E-state index contributed by atoms with van der Waals surface area (Å²) in [6.07, 6.45) is -0.860. The Morgan fingerprint density at radius 3 is 2.90 bits per heavy atom. The predicted molar refractivity (Wildman–Crippen MR) is 80.0 cm³/mol. The summed E-state index contributed by atoms with van der Waals surface area (Å²) in [7, 11) is 3.17. The van der Waals surface area contributed by atoms with Crippen LogP contribution in [0.25, 0.3) is 11.0 Å². The lowest BCUT2D eigenvalue weighted by atomic mass is 10.2. The zero-order valence-corrected chi connectivity index (χ0v) is 12.9. The highest BCUT2D eigenvalue weighted by Crippen LogP contribution is 2.19. The molecule has 7 heteroatoms. The molecule has 0 spiro atoms. The molecule has 2 rings (SSSR count). The fourth-order valence-electron chi connectivity index (χ4n) is 2.16. The number of carbonyl (C=O) groups excluding carboxylic acids is 1. The fourth-order valence-corrected chi connectivity index (χ4v) is 2.33. The van der Waals surface area contributed by atoms with Gasteiger partial charge in [-0.05, 0) is 25.1 Å². The molecule has 1 aromatic heterocycles. The Morgan fingerprint density at radius 1 is 1.57 bits per heavy atom. The second-order valence-corrected chi connectivity index (χ2v) is 5.28. The maximum atomic E-state index is 11.6. The molecular weight excluding hydrogens is 294 g/mol. The molecule has 2 N–H and O–H groups in total. The first-order chi connectivity index (χ1) is 9.93. The number of halogens is 1. The number of esters is 1. The Hall–Kier alpha value is -1.63. The van der Waals surface area contributed by atoms with E-state index in [9.17, 15) is 9.90 Å². The number of nitrogens with one attached hydrogen (secondary N) is 1. The van der Waals surface area contributed by atoms with E-state index >= 15 is 0 Å². The summed E-state index contributed by atoms with van der Waals surface area (Å²) in [6.45, 7) is 1.86. The van der Waals surface area contributed by atoms with Crippen LogP contribution < -0.4 is 5.32 Å². The Morgan fingerprint density at radius 2 is 2.29 bits per heavy atom. The van der Waals surface area contributed by atoms with Gasteiger partial charge < -0.3 is 14.4 Å². The van der Waals surface area contributed by atoms with Crippen molar-refractivity contribution in [3.05, 3.63) is 29.0 Å². The van der Waals surface area contributed by atoms with E-state index < -0.39 is 18.1 Å². The molecule has 0 aliphatic rings. The molecule has 0 radical (unpaired) electrons. The largest absolute Gasteiger partial charge is 0.468 e. The number of carbonyl (C=O) groups is 1. The lowest BCUT2D eigenvalue weighted by Crippen LogP contribution is -2.45. The number of fused-ring (bicyclic) bond motifs is 1. The molecular formula is C14H18ClN3O3. The summed E-state index contributed by atoms with van der Waals surface area (Å²) >= 11 is 5.95. The SMILES string of the molecule is COC(=O)[C@@H](NCc1nc2cc(Cl)ccc2n1C)[C@H](C)O. The number of rotatable bonds is 5. The van der Waals surface area contributed by atoms with Gasteiger partial charge >= 0.3 is 5.97 Å². The fraction of sp³-hybridized carbons (Fsp3) is 0.429. The minimum absolute atomic E-state index is 0.327. The molecule has 0 bridgehead atoms. The zero-order valence-electron chi connectivity index (χ0n) is 12.1. The number of aliphatic hydroxyl groups is 1. The van der Waals surface area contributed by atoms with Crippen molar-refractivity contribution in [1.29, 1.82) is 0 Å². The Kier molecular flexibility index (Phi) is 4.82. The predicted octanol–water partition coefficient (Wildman–Crippen LogP) is 1.24. The van der Waals surface area contributed by atoms with Crippen LogP contribution in [-0.4, -0.2) is 39.9 Å². The molecule has 0 aliphatic heterocycles. The van der Waals surface area contributed by atoms with Crippen molar-refractivity contribution in [3.8, 4) is 0 Å². The summed E-state index contributed by atoms with van der Waals surface area (Å²) in [5.41, 5.74) is 1.73. The van der Waals surface area contributed by atoms with Gasteiger partial charge in [-0.2, -0.15) is 0 Å². The van der Waals surface area contributed by atoms with Gasteiger partial charge in [0.05, 0.1) is 30.8 Å². The number of aryl methyl sites for hydroxylation is 1. The molecule has 21 heavy (non-hydrogen) atoms. The summed E-state index contributed by atoms with van der Waals surface area (Å²) in [5.74, 6) is 0.230. The first-order valence-electron chi connectivity index (χ1n) is 6.54. The molecule has 6 nitrogen and oxygen atoms in total. The lowest BCUT2D eigenvalue weighted by molar-refractivity contribution is -0.145. The van der Waals surface area contributed by atoms with Crippen molar-refractivity contribution in [2.75, 3.05) is 7.11 Å². The number of aromatic nitrogens is 2. The lowest BCUT2D eigenvalue weighted by Gasteiger charge is -2.18. The van der Waals surface area contributed by atoms with Gasteiger partial charge in [-0.3, -0.25) is 10.1 Å². The molecule has 0 aliphatic carbocycles. The smallest absolute Gasteiger partial charge is 0.325 e. The second-order valence-electron chi connectivity index (χ2n) is 4.84. The topological polar surface area (TPSA) is 76.4 Å². The minimum atomic E-state index is -0.860. The van der Waals surface area contributed by atoms with Gasteiger partial charge in [0.25, 0.3) is 0 Å². The zero-order chi connectivity index (χ0) is 15.6. The molecule has 1 aromatic carbocycles. The number of benzene rings is 1. The molecule has 114 valence electrons. The van der Waals surface area contributed by atoms with Gasteiger partial charge in [-0.25, -0.2) is 4.98 Å². The number of imidazole rings is 1. The van der Waals surface area contributed by atoms with Crippen LogP contribution in [0.3, 0.4) is 0 Å². The molecule has 2 aromatic rings. The highest BCUT2D eigenvalue weighted by molar-refractivity contribution is 6.31. The standard InChI is InChI=1S/C14H18ClN3O3/c1-8(19)13(14(20)21-3)16-7-12-17-10-6-9(15)4-5-11(10)18(12)2/h4-6,8,13,16,19H,7H2,1-3H3/t8-,13-/m0/s1. The molecule has 0 unspecified atom stereocenters. The van der Waals surface area contributed by atoms with Crippen molar-refractivity contribution in [3.63, 3.8) is 0 Å². The van der Waals surface area contributed by atoms with Crippen LogP contribution in [0.1, 0.15) is 12.7 Å². The average molecular weight is 312 g/mol. The van der Waals surface area contributed by atoms with Crippen LogP contribution in [0.4, 0.5) is 0 Å². The molecule has 0 saturated carbocycles. The van der Waals surface area contributed by atoms with Crippen LogP contribution >= 0.6 is 11.6 Å². The van der Waals surface area contributed by atoms with Gasteiger partial charge in [0.1, 0.15) is 11.9 Å². The molecule has 0 saturated heterocycles. The van der Waals surface area contributed by atoms with E-state index in [4.69, 9.17) is 11.6 Å². The van der Waals surface area contributed by atoms with E-state index in [0.717, 1.165) is 16.9 Å². The third kappa shape index (κ3) is 3.34. The molecule has 0 amide bonds. The Labute approximate surface area is 127 Å². The number of nitrogens with zero attached hydrogens (tertiary/aromatic N) is 2. The third-order valence-corrected chi connectivity index (χ3v) is 3.59. The first-order valence-corrected chi connectivity index (χ1v) is 6.92. The van der Waals surface area contributed by atoms with E-state index in [-0.39, 0.29) is 0 Å². The number of hydrogen-bond acceptors (Lipinski definition) is 5. The summed E-state index contributed by atoms with van der Waals surface area (Å²) in [5, 5.41) is 13.2. The summed E-state index contributed by atoms with van der Waals surface area (Å²) in [4.78, 5) is 16.1. The van der Waals surface area contributed by atoms with E-state index in [0.29, 0.717) is 11.6 Å². The van der Waals surface area contributed by atoms with Crippen LogP contribution in [0, 0.1) is 0 Å².